The van der Waals surface area contributed by atoms with Crippen molar-refractivity contribution >= 4 is 11.6 Å². The van der Waals surface area contributed by atoms with Crippen molar-refractivity contribution in [3.8, 4) is 0 Å². The van der Waals surface area contributed by atoms with Crippen LogP contribution in [0.3, 0.4) is 0 Å². The molecule has 2 heterocycles. The number of hydrogen-bond acceptors (Lipinski definition) is 5. The Morgan fingerprint density at radius 1 is 1.24 bits per heavy atom. The van der Waals surface area contributed by atoms with Gasteiger partial charge in [-0.25, -0.2) is 0 Å². The number of anilines is 1. The van der Waals surface area contributed by atoms with Gasteiger partial charge in [-0.15, -0.1) is 0 Å². The SMILES string of the molecule is COCCNc1ccnc(C(=O)NCc2ccncc2)c1. The Morgan fingerprint density at radius 3 is 2.81 bits per heavy atom. The van der Waals surface area contributed by atoms with Crippen molar-refractivity contribution in [1.82, 2.24) is 15.3 Å². The Bertz CT molecular complexity index is 575. The topological polar surface area (TPSA) is 76.1 Å². The molecule has 0 bridgehead atoms. The Labute approximate surface area is 123 Å². The standard InChI is InChI=1S/C15H18N4O2/c1-21-9-8-17-13-4-7-18-14(10-13)15(20)19-11-12-2-5-16-6-3-12/h2-7,10H,8-9,11H2,1H3,(H,17,18)(H,19,20). The first-order valence-electron chi connectivity index (χ1n) is 6.65. The number of amides is 1. The summed E-state index contributed by atoms with van der Waals surface area (Å²) >= 11 is 0. The highest BCUT2D eigenvalue weighted by Crippen LogP contribution is 2.08. The van der Waals surface area contributed by atoms with Crippen LogP contribution >= 0.6 is 0 Å². The van der Waals surface area contributed by atoms with Gasteiger partial charge in [0.15, 0.2) is 0 Å². The van der Waals surface area contributed by atoms with Crippen molar-refractivity contribution in [3.05, 3.63) is 54.1 Å². The summed E-state index contributed by atoms with van der Waals surface area (Å²) in [7, 11) is 1.65. The highest BCUT2D eigenvalue weighted by atomic mass is 16.5. The number of nitrogens with zero attached hydrogens (tertiary/aromatic N) is 2. The van der Waals surface area contributed by atoms with Crippen molar-refractivity contribution in [1.29, 1.82) is 0 Å². The van der Waals surface area contributed by atoms with E-state index in [0.717, 1.165) is 11.3 Å². The molecule has 0 fully saturated rings. The fourth-order valence-corrected chi connectivity index (χ4v) is 1.74. The monoisotopic (exact) mass is 286 g/mol. The smallest absolute Gasteiger partial charge is 0.270 e. The van der Waals surface area contributed by atoms with Crippen molar-refractivity contribution in [2.75, 3.05) is 25.6 Å². The zero-order valence-corrected chi connectivity index (χ0v) is 11.9. The molecular formula is C15H18N4O2. The molecule has 21 heavy (non-hydrogen) atoms. The predicted molar refractivity (Wildman–Crippen MR) is 80.0 cm³/mol. The van der Waals surface area contributed by atoms with Gasteiger partial charge in [-0.2, -0.15) is 0 Å². The van der Waals surface area contributed by atoms with E-state index in [1.165, 1.54) is 0 Å². The highest BCUT2D eigenvalue weighted by Gasteiger charge is 2.07. The fourth-order valence-electron chi connectivity index (χ4n) is 1.74. The van der Waals surface area contributed by atoms with Crippen LogP contribution in [0, 0.1) is 0 Å². The summed E-state index contributed by atoms with van der Waals surface area (Å²) in [6, 6.07) is 7.25. The van der Waals surface area contributed by atoms with Crippen LogP contribution in [0.4, 0.5) is 5.69 Å². The molecule has 0 atom stereocenters. The lowest BCUT2D eigenvalue weighted by molar-refractivity contribution is 0.0946. The molecule has 110 valence electrons. The van der Waals surface area contributed by atoms with Crippen LogP contribution in [-0.2, 0) is 11.3 Å². The van der Waals surface area contributed by atoms with Crippen LogP contribution < -0.4 is 10.6 Å². The Kier molecular flexibility index (Phi) is 5.66. The molecule has 0 aliphatic rings. The number of rotatable bonds is 7. The van der Waals surface area contributed by atoms with E-state index >= 15 is 0 Å². The predicted octanol–water partition coefficient (Wildman–Crippen LogP) is 1.46. The van der Waals surface area contributed by atoms with Crippen LogP contribution in [0.2, 0.25) is 0 Å². The number of carbonyl (C=O) groups is 1. The molecule has 1 amide bonds. The summed E-state index contributed by atoms with van der Waals surface area (Å²) in [4.78, 5) is 20.1. The van der Waals surface area contributed by atoms with Gasteiger partial charge in [0.05, 0.1) is 6.61 Å². The molecule has 2 N–H and O–H groups in total. The molecule has 0 unspecified atom stereocenters. The van der Waals surface area contributed by atoms with Crippen LogP contribution in [0.5, 0.6) is 0 Å². The third kappa shape index (κ3) is 4.85. The van der Waals surface area contributed by atoms with E-state index < -0.39 is 0 Å². The minimum Gasteiger partial charge on any atom is -0.383 e. The zero-order valence-electron chi connectivity index (χ0n) is 11.9. The number of pyridine rings is 2. The average molecular weight is 286 g/mol. The lowest BCUT2D eigenvalue weighted by Gasteiger charge is -2.08. The molecule has 0 aliphatic carbocycles. The number of methoxy groups -OCH3 is 1. The maximum absolute atomic E-state index is 12.1. The van der Waals surface area contributed by atoms with Crippen LogP contribution in [0.1, 0.15) is 16.1 Å². The average Bonchev–Trinajstić information content (AvgIpc) is 2.54. The van der Waals surface area contributed by atoms with Crippen LogP contribution in [-0.4, -0.2) is 36.1 Å². The van der Waals surface area contributed by atoms with Gasteiger partial charge >= 0.3 is 0 Å². The van der Waals surface area contributed by atoms with Crippen molar-refractivity contribution in [2.24, 2.45) is 0 Å². The Balaban J connectivity index is 1.91. The van der Waals surface area contributed by atoms with Gasteiger partial charge in [0.2, 0.25) is 0 Å². The molecule has 6 heteroatoms. The third-order valence-corrected chi connectivity index (χ3v) is 2.83. The first-order valence-corrected chi connectivity index (χ1v) is 6.65. The van der Waals surface area contributed by atoms with Crippen LogP contribution in [0.15, 0.2) is 42.9 Å². The van der Waals surface area contributed by atoms with Crippen molar-refractivity contribution in [2.45, 2.75) is 6.54 Å². The van der Waals surface area contributed by atoms with E-state index in [9.17, 15) is 4.79 Å². The normalized spacial score (nSPS) is 10.1. The molecular weight excluding hydrogens is 268 g/mol. The summed E-state index contributed by atoms with van der Waals surface area (Å²) < 4.78 is 4.97. The zero-order chi connectivity index (χ0) is 14.9. The summed E-state index contributed by atoms with van der Waals surface area (Å²) in [6.07, 6.45) is 5.00. The first kappa shape index (κ1) is 14.9. The highest BCUT2D eigenvalue weighted by molar-refractivity contribution is 5.93. The molecule has 0 saturated carbocycles. The van der Waals surface area contributed by atoms with Gasteiger partial charge in [0, 0.05) is 44.5 Å². The molecule has 2 aromatic heterocycles. The fraction of sp³-hybridized carbons (Fsp3) is 0.267. The minimum atomic E-state index is -0.206. The molecule has 0 aromatic carbocycles. The Morgan fingerprint density at radius 2 is 2.05 bits per heavy atom. The molecule has 2 rings (SSSR count). The molecule has 6 nitrogen and oxygen atoms in total. The summed E-state index contributed by atoms with van der Waals surface area (Å²) in [5.41, 5.74) is 2.22. The summed E-state index contributed by atoms with van der Waals surface area (Å²) in [5, 5.41) is 5.99. The van der Waals surface area contributed by atoms with E-state index in [-0.39, 0.29) is 5.91 Å². The van der Waals surface area contributed by atoms with Gasteiger partial charge in [-0.05, 0) is 29.8 Å². The minimum absolute atomic E-state index is 0.206. The van der Waals surface area contributed by atoms with Gasteiger partial charge in [-0.1, -0.05) is 0 Å². The van der Waals surface area contributed by atoms with Gasteiger partial charge in [0.25, 0.3) is 5.91 Å². The number of ether oxygens (including phenoxy) is 1. The number of nitrogens with one attached hydrogen (secondary N) is 2. The quantitative estimate of drug-likeness (QED) is 0.754. The molecule has 0 aliphatic heterocycles. The summed E-state index contributed by atoms with van der Waals surface area (Å²) in [6.45, 7) is 1.73. The van der Waals surface area contributed by atoms with E-state index in [4.69, 9.17) is 4.74 Å². The van der Waals surface area contributed by atoms with Gasteiger partial charge < -0.3 is 15.4 Å². The largest absolute Gasteiger partial charge is 0.383 e. The van der Waals surface area contributed by atoms with Crippen LogP contribution in [0.25, 0.3) is 0 Å². The molecule has 0 saturated heterocycles. The number of carbonyl (C=O) groups excluding carboxylic acids is 1. The molecule has 0 radical (unpaired) electrons. The second-order valence-electron chi connectivity index (χ2n) is 4.39. The van der Waals surface area contributed by atoms with E-state index in [2.05, 4.69) is 20.6 Å². The van der Waals surface area contributed by atoms with Crippen molar-refractivity contribution in [3.63, 3.8) is 0 Å². The Hall–Kier alpha value is -2.47. The summed E-state index contributed by atoms with van der Waals surface area (Å²) in [5.74, 6) is -0.206. The maximum Gasteiger partial charge on any atom is 0.270 e. The second kappa shape index (κ2) is 7.96. The maximum atomic E-state index is 12.1. The second-order valence-corrected chi connectivity index (χ2v) is 4.39. The lowest BCUT2D eigenvalue weighted by Crippen LogP contribution is -2.24. The van der Waals surface area contributed by atoms with E-state index in [1.807, 2.05) is 18.2 Å². The van der Waals surface area contributed by atoms with E-state index in [1.54, 1.807) is 31.8 Å². The van der Waals surface area contributed by atoms with Crippen molar-refractivity contribution < 1.29 is 9.53 Å². The molecule has 2 aromatic rings. The number of hydrogen-bond donors (Lipinski definition) is 2. The number of aromatic nitrogens is 2. The lowest BCUT2D eigenvalue weighted by atomic mass is 10.2. The first-order chi connectivity index (χ1) is 10.3. The van der Waals surface area contributed by atoms with E-state index in [0.29, 0.717) is 25.4 Å². The van der Waals surface area contributed by atoms with Gasteiger partial charge in [0.1, 0.15) is 5.69 Å². The third-order valence-electron chi connectivity index (χ3n) is 2.83. The van der Waals surface area contributed by atoms with Gasteiger partial charge in [-0.3, -0.25) is 14.8 Å². The molecule has 0 spiro atoms.